The summed E-state index contributed by atoms with van der Waals surface area (Å²) in [6.07, 6.45) is 1.56. The van der Waals surface area contributed by atoms with Gasteiger partial charge < -0.3 is 19.3 Å². The lowest BCUT2D eigenvalue weighted by molar-refractivity contribution is -0.136. The number of rotatable bonds is 9. The Labute approximate surface area is 217 Å². The van der Waals surface area contributed by atoms with Crippen molar-refractivity contribution >= 4 is 23.2 Å². The Hall–Kier alpha value is -3.32. The zero-order valence-corrected chi connectivity index (χ0v) is 22.2. The normalized spacial score (nSPS) is 15.7. The number of thiophene rings is 1. The minimum Gasteiger partial charge on any atom is -0.497 e. The molecule has 0 N–H and O–H groups in total. The number of amides is 2. The topological polar surface area (TPSA) is 59.1 Å². The minimum atomic E-state index is -0.196. The summed E-state index contributed by atoms with van der Waals surface area (Å²) in [5.74, 6) is 1.20. The van der Waals surface area contributed by atoms with Gasteiger partial charge in [0.1, 0.15) is 24.7 Å². The largest absolute Gasteiger partial charge is 0.497 e. The van der Waals surface area contributed by atoms with Crippen LogP contribution in [0.5, 0.6) is 11.5 Å². The van der Waals surface area contributed by atoms with Crippen LogP contribution in [0.15, 0.2) is 60.0 Å². The van der Waals surface area contributed by atoms with E-state index in [0.717, 1.165) is 29.7 Å². The minimum absolute atomic E-state index is 0.0192. The van der Waals surface area contributed by atoms with E-state index in [0.29, 0.717) is 24.5 Å². The first-order valence-electron chi connectivity index (χ1n) is 12.4. The van der Waals surface area contributed by atoms with E-state index in [1.54, 1.807) is 47.6 Å². The maximum atomic E-state index is 13.8. The van der Waals surface area contributed by atoms with Gasteiger partial charge in [0.25, 0.3) is 5.91 Å². The SMILES string of the molecule is CC[C@H](C)N(CC(=O)N1CCc2sccc2[C@@H]1COc1ccccc1C)C(=O)c1cccc(OC)c1. The second-order valence-electron chi connectivity index (χ2n) is 9.15. The van der Waals surface area contributed by atoms with Crippen molar-refractivity contribution in [1.82, 2.24) is 9.80 Å². The van der Waals surface area contributed by atoms with Gasteiger partial charge in [-0.25, -0.2) is 0 Å². The molecule has 0 saturated carbocycles. The average Bonchev–Trinajstić information content (AvgIpc) is 3.39. The van der Waals surface area contributed by atoms with Crippen LogP contribution < -0.4 is 9.47 Å². The molecule has 4 rings (SSSR count). The van der Waals surface area contributed by atoms with Crippen molar-refractivity contribution in [2.45, 2.75) is 45.7 Å². The van der Waals surface area contributed by atoms with Crippen LogP contribution >= 0.6 is 11.3 Å². The predicted octanol–water partition coefficient (Wildman–Crippen LogP) is 5.51. The van der Waals surface area contributed by atoms with E-state index in [4.69, 9.17) is 9.47 Å². The molecule has 0 unspecified atom stereocenters. The fourth-order valence-electron chi connectivity index (χ4n) is 4.57. The van der Waals surface area contributed by atoms with Gasteiger partial charge in [0, 0.05) is 23.0 Å². The Morgan fingerprint density at radius 3 is 2.72 bits per heavy atom. The average molecular weight is 507 g/mol. The molecule has 2 atom stereocenters. The van der Waals surface area contributed by atoms with Crippen LogP contribution in [0, 0.1) is 6.92 Å². The molecule has 0 aliphatic carbocycles. The van der Waals surface area contributed by atoms with Gasteiger partial charge in [0.2, 0.25) is 5.91 Å². The fraction of sp³-hybridized carbons (Fsp3) is 0.379. The number of hydrogen-bond donors (Lipinski definition) is 0. The lowest BCUT2D eigenvalue weighted by Crippen LogP contribution is -2.49. The van der Waals surface area contributed by atoms with Crippen LogP contribution in [0.2, 0.25) is 0 Å². The molecule has 1 aromatic heterocycles. The van der Waals surface area contributed by atoms with Crippen molar-refractivity contribution in [3.8, 4) is 11.5 Å². The molecule has 1 aliphatic heterocycles. The molecule has 190 valence electrons. The van der Waals surface area contributed by atoms with Crippen molar-refractivity contribution in [2.24, 2.45) is 0 Å². The molecule has 0 radical (unpaired) electrons. The van der Waals surface area contributed by atoms with Gasteiger partial charge in [-0.3, -0.25) is 9.59 Å². The van der Waals surface area contributed by atoms with E-state index in [2.05, 4.69) is 11.4 Å². The molecule has 0 fully saturated rings. The Morgan fingerprint density at radius 1 is 1.17 bits per heavy atom. The highest BCUT2D eigenvalue weighted by Gasteiger charge is 2.34. The Bertz CT molecular complexity index is 1210. The van der Waals surface area contributed by atoms with E-state index < -0.39 is 0 Å². The van der Waals surface area contributed by atoms with Crippen LogP contribution in [0.25, 0.3) is 0 Å². The Balaban J connectivity index is 1.56. The number of para-hydroxylation sites is 1. The summed E-state index contributed by atoms with van der Waals surface area (Å²) in [6, 6.07) is 16.8. The highest BCUT2D eigenvalue weighted by molar-refractivity contribution is 7.10. The second-order valence-corrected chi connectivity index (χ2v) is 10.2. The molecule has 6 nitrogen and oxygen atoms in total. The molecule has 36 heavy (non-hydrogen) atoms. The number of aryl methyl sites for hydroxylation is 1. The zero-order chi connectivity index (χ0) is 25.7. The van der Waals surface area contributed by atoms with E-state index in [9.17, 15) is 9.59 Å². The quantitative estimate of drug-likeness (QED) is 0.384. The fourth-order valence-corrected chi connectivity index (χ4v) is 5.50. The van der Waals surface area contributed by atoms with Gasteiger partial charge in [-0.2, -0.15) is 0 Å². The van der Waals surface area contributed by atoms with Crippen LogP contribution in [-0.4, -0.2) is 54.5 Å². The van der Waals surface area contributed by atoms with E-state index in [1.807, 2.05) is 49.9 Å². The van der Waals surface area contributed by atoms with Gasteiger partial charge in [-0.15, -0.1) is 11.3 Å². The summed E-state index contributed by atoms with van der Waals surface area (Å²) in [5.41, 5.74) is 2.71. The summed E-state index contributed by atoms with van der Waals surface area (Å²) in [4.78, 5) is 32.1. The molecule has 3 aromatic rings. The van der Waals surface area contributed by atoms with Crippen LogP contribution in [0.1, 0.15) is 52.7 Å². The standard InChI is InChI=1S/C29H34N2O4S/c1-5-21(3)31(29(33)22-10-8-11-23(17-22)34-4)18-28(32)30-15-13-27-24(14-16-36-27)25(30)19-35-26-12-7-6-9-20(26)2/h6-12,14,16-17,21,25H,5,13,15,18-19H2,1-4H3/t21-,25-/m0/s1. The van der Waals surface area contributed by atoms with Crippen LogP contribution in [0.4, 0.5) is 0 Å². The Morgan fingerprint density at radius 2 is 1.97 bits per heavy atom. The van der Waals surface area contributed by atoms with Crippen molar-refractivity contribution in [1.29, 1.82) is 0 Å². The van der Waals surface area contributed by atoms with E-state index >= 15 is 0 Å². The number of nitrogens with zero attached hydrogens (tertiary/aromatic N) is 2. The number of benzene rings is 2. The maximum Gasteiger partial charge on any atom is 0.254 e. The number of carbonyl (C=O) groups is 2. The van der Waals surface area contributed by atoms with Crippen molar-refractivity contribution in [2.75, 3.05) is 26.8 Å². The molecule has 0 bridgehead atoms. The van der Waals surface area contributed by atoms with Crippen molar-refractivity contribution < 1.29 is 19.1 Å². The summed E-state index contributed by atoms with van der Waals surface area (Å²) < 4.78 is 11.5. The molecule has 0 saturated heterocycles. The zero-order valence-electron chi connectivity index (χ0n) is 21.4. The number of methoxy groups -OCH3 is 1. The second kappa shape index (κ2) is 11.6. The van der Waals surface area contributed by atoms with Gasteiger partial charge >= 0.3 is 0 Å². The van der Waals surface area contributed by atoms with Crippen molar-refractivity contribution in [3.05, 3.63) is 81.5 Å². The highest BCUT2D eigenvalue weighted by Crippen LogP contribution is 2.34. The summed E-state index contributed by atoms with van der Waals surface area (Å²) in [7, 11) is 1.58. The molecule has 2 amide bonds. The highest BCUT2D eigenvalue weighted by atomic mass is 32.1. The number of ether oxygens (including phenoxy) is 2. The van der Waals surface area contributed by atoms with Gasteiger partial charge in [0.15, 0.2) is 0 Å². The summed E-state index contributed by atoms with van der Waals surface area (Å²) >= 11 is 1.73. The first-order chi connectivity index (χ1) is 17.4. The molecule has 7 heteroatoms. The van der Waals surface area contributed by atoms with Gasteiger partial charge in [0.05, 0.1) is 13.2 Å². The van der Waals surface area contributed by atoms with E-state index in [1.165, 1.54) is 4.88 Å². The smallest absolute Gasteiger partial charge is 0.254 e. The van der Waals surface area contributed by atoms with Gasteiger partial charge in [-0.1, -0.05) is 31.2 Å². The monoisotopic (exact) mass is 506 g/mol. The van der Waals surface area contributed by atoms with E-state index in [-0.39, 0.29) is 30.4 Å². The first kappa shape index (κ1) is 25.8. The van der Waals surface area contributed by atoms with Gasteiger partial charge in [-0.05, 0) is 73.5 Å². The number of carbonyl (C=O) groups excluding carboxylic acids is 2. The Kier molecular flexibility index (Phi) is 8.31. The van der Waals surface area contributed by atoms with Crippen molar-refractivity contribution in [3.63, 3.8) is 0 Å². The number of fused-ring (bicyclic) bond motifs is 1. The first-order valence-corrected chi connectivity index (χ1v) is 13.3. The maximum absolute atomic E-state index is 13.8. The molecule has 2 heterocycles. The molecule has 2 aromatic carbocycles. The molecular weight excluding hydrogens is 472 g/mol. The lowest BCUT2D eigenvalue weighted by Gasteiger charge is -2.38. The number of hydrogen-bond acceptors (Lipinski definition) is 5. The van der Waals surface area contributed by atoms with Crippen LogP contribution in [0.3, 0.4) is 0 Å². The third-order valence-corrected chi connectivity index (χ3v) is 7.91. The summed E-state index contributed by atoms with van der Waals surface area (Å²) in [5, 5.41) is 2.08. The summed E-state index contributed by atoms with van der Waals surface area (Å²) in [6.45, 7) is 7.02. The lowest BCUT2D eigenvalue weighted by atomic mass is 10.00. The molecule has 0 spiro atoms. The van der Waals surface area contributed by atoms with Crippen LogP contribution in [-0.2, 0) is 11.2 Å². The molecule has 1 aliphatic rings. The molecular formula is C29H34N2O4S. The predicted molar refractivity (Wildman–Crippen MR) is 143 cm³/mol. The third kappa shape index (κ3) is 5.57. The third-order valence-electron chi connectivity index (χ3n) is 6.91.